The van der Waals surface area contributed by atoms with Crippen LogP contribution < -0.4 is 0 Å². The fourth-order valence-electron chi connectivity index (χ4n) is 3.77. The van der Waals surface area contributed by atoms with Crippen molar-refractivity contribution in [3.8, 4) is 0 Å². The summed E-state index contributed by atoms with van der Waals surface area (Å²) >= 11 is 0. The molecular formula is C24H20O2. The number of hydrogen-bond donors (Lipinski definition) is 1. The van der Waals surface area contributed by atoms with Crippen LogP contribution in [0.3, 0.4) is 0 Å². The van der Waals surface area contributed by atoms with Crippen LogP contribution in [0.5, 0.6) is 0 Å². The molecule has 4 rings (SSSR count). The largest absolute Gasteiger partial charge is 0.507 e. The van der Waals surface area contributed by atoms with E-state index in [4.69, 9.17) is 0 Å². The summed E-state index contributed by atoms with van der Waals surface area (Å²) in [5.41, 5.74) is 5.96. The highest BCUT2D eigenvalue weighted by Gasteiger charge is 2.36. The highest BCUT2D eigenvalue weighted by atomic mass is 16.3. The number of rotatable bonds is 3. The Hall–Kier alpha value is -3.13. The number of carbonyl (C=O) groups excluding carboxylic acids is 1. The van der Waals surface area contributed by atoms with Crippen molar-refractivity contribution in [2.45, 2.75) is 19.8 Å². The molecule has 0 unspecified atom stereocenters. The van der Waals surface area contributed by atoms with Crippen LogP contribution in [0.2, 0.25) is 0 Å². The van der Waals surface area contributed by atoms with E-state index < -0.39 is 0 Å². The van der Waals surface area contributed by atoms with E-state index in [9.17, 15) is 9.90 Å². The van der Waals surface area contributed by atoms with Crippen LogP contribution in [0.15, 0.2) is 78.4 Å². The van der Waals surface area contributed by atoms with Gasteiger partial charge in [-0.1, -0.05) is 78.4 Å². The van der Waals surface area contributed by atoms with Gasteiger partial charge >= 0.3 is 0 Å². The van der Waals surface area contributed by atoms with E-state index >= 15 is 0 Å². The molecule has 3 aromatic carbocycles. The molecule has 0 fully saturated rings. The minimum absolute atomic E-state index is 0.0899. The Morgan fingerprint density at radius 3 is 2.15 bits per heavy atom. The number of aliphatic hydroxyl groups excluding tert-OH is 1. The van der Waals surface area contributed by atoms with Gasteiger partial charge in [-0.3, -0.25) is 4.79 Å². The van der Waals surface area contributed by atoms with Gasteiger partial charge < -0.3 is 5.11 Å². The summed E-state index contributed by atoms with van der Waals surface area (Å²) in [7, 11) is 0. The first-order chi connectivity index (χ1) is 12.6. The summed E-state index contributed by atoms with van der Waals surface area (Å²) in [4.78, 5) is 13.2. The Balaban J connectivity index is 1.98. The molecule has 0 spiro atoms. The molecule has 1 atom stereocenters. The third-order valence-corrected chi connectivity index (χ3v) is 5.09. The zero-order valence-electron chi connectivity index (χ0n) is 14.9. The number of aryl methyl sites for hydroxylation is 2. The monoisotopic (exact) mass is 340 g/mol. The fourth-order valence-corrected chi connectivity index (χ4v) is 3.77. The first kappa shape index (κ1) is 16.3. The molecule has 3 aromatic rings. The molecule has 0 saturated carbocycles. The van der Waals surface area contributed by atoms with Crippen LogP contribution in [0.1, 0.15) is 44.1 Å². The van der Waals surface area contributed by atoms with E-state index in [-0.39, 0.29) is 17.5 Å². The SMILES string of the molecule is Cc1ccc(C)c([C@@H](C2=C(O)c3ccccc3C2=O)c2ccccc2)c1. The minimum Gasteiger partial charge on any atom is -0.507 e. The average molecular weight is 340 g/mol. The number of Topliss-reactive ketones (excluding diaryl/α,β-unsaturated/α-hetero) is 1. The minimum atomic E-state index is -0.295. The number of hydrogen-bond acceptors (Lipinski definition) is 2. The van der Waals surface area contributed by atoms with Crippen LogP contribution >= 0.6 is 0 Å². The van der Waals surface area contributed by atoms with Crippen LogP contribution in [-0.2, 0) is 0 Å². The maximum Gasteiger partial charge on any atom is 0.194 e. The normalized spacial score (nSPS) is 14.5. The lowest BCUT2D eigenvalue weighted by atomic mass is 9.81. The molecular weight excluding hydrogens is 320 g/mol. The molecule has 128 valence electrons. The first-order valence-corrected chi connectivity index (χ1v) is 8.77. The first-order valence-electron chi connectivity index (χ1n) is 8.77. The molecule has 0 aliphatic heterocycles. The van der Waals surface area contributed by atoms with E-state index in [1.54, 1.807) is 12.1 Å². The van der Waals surface area contributed by atoms with Crippen LogP contribution in [0.25, 0.3) is 5.76 Å². The molecule has 2 heteroatoms. The predicted molar refractivity (Wildman–Crippen MR) is 105 cm³/mol. The van der Waals surface area contributed by atoms with E-state index in [2.05, 4.69) is 25.1 Å². The standard InChI is InChI=1S/C24H20O2/c1-15-12-13-16(2)20(14-15)21(17-8-4-3-5-9-17)22-23(25)18-10-6-7-11-19(18)24(22)26/h3-14,21,25H,1-2H3/t21-/m0/s1. The maximum absolute atomic E-state index is 13.2. The number of allylic oxidation sites excluding steroid dienone is 1. The van der Waals surface area contributed by atoms with Gasteiger partial charge in [-0.2, -0.15) is 0 Å². The summed E-state index contributed by atoms with van der Waals surface area (Å²) < 4.78 is 0. The fraction of sp³-hybridized carbons (Fsp3) is 0.125. The predicted octanol–water partition coefficient (Wildman–Crippen LogP) is 5.60. The molecule has 1 N–H and O–H groups in total. The molecule has 0 saturated heterocycles. The van der Waals surface area contributed by atoms with Crippen molar-refractivity contribution >= 4 is 11.5 Å². The van der Waals surface area contributed by atoms with E-state index in [0.29, 0.717) is 16.7 Å². The Morgan fingerprint density at radius 1 is 0.808 bits per heavy atom. The lowest BCUT2D eigenvalue weighted by Crippen LogP contribution is -2.13. The van der Waals surface area contributed by atoms with Gasteiger partial charge in [0.1, 0.15) is 5.76 Å². The lowest BCUT2D eigenvalue weighted by molar-refractivity contribution is 0.103. The average Bonchev–Trinajstić information content (AvgIpc) is 2.91. The molecule has 0 aromatic heterocycles. The third kappa shape index (κ3) is 2.55. The summed E-state index contributed by atoms with van der Waals surface area (Å²) in [6, 6.07) is 23.5. The Kier molecular flexibility index (Phi) is 3.96. The molecule has 0 radical (unpaired) electrons. The van der Waals surface area contributed by atoms with Crippen molar-refractivity contribution in [3.05, 3.63) is 112 Å². The molecule has 26 heavy (non-hydrogen) atoms. The Labute approximate surface area is 153 Å². The molecule has 0 bridgehead atoms. The van der Waals surface area contributed by atoms with Crippen LogP contribution in [-0.4, -0.2) is 10.9 Å². The molecule has 1 aliphatic rings. The van der Waals surface area contributed by atoms with Gasteiger partial charge in [-0.05, 0) is 30.5 Å². The van der Waals surface area contributed by atoms with E-state index in [1.165, 1.54) is 0 Å². The lowest BCUT2D eigenvalue weighted by Gasteiger charge is -2.22. The van der Waals surface area contributed by atoms with E-state index in [1.807, 2.05) is 49.4 Å². The number of ketones is 1. The van der Waals surface area contributed by atoms with Gasteiger partial charge in [-0.15, -0.1) is 0 Å². The second-order valence-corrected chi connectivity index (χ2v) is 6.84. The number of aliphatic hydroxyl groups is 1. The summed E-state index contributed by atoms with van der Waals surface area (Å²) in [5.74, 6) is -0.288. The quantitative estimate of drug-likeness (QED) is 0.674. The third-order valence-electron chi connectivity index (χ3n) is 5.09. The second kappa shape index (κ2) is 6.30. The van der Waals surface area contributed by atoms with Crippen LogP contribution in [0.4, 0.5) is 0 Å². The van der Waals surface area contributed by atoms with Crippen molar-refractivity contribution < 1.29 is 9.90 Å². The van der Waals surface area contributed by atoms with Gasteiger partial charge in [0.05, 0.1) is 5.57 Å². The smallest absolute Gasteiger partial charge is 0.194 e. The highest BCUT2D eigenvalue weighted by Crippen LogP contribution is 2.43. The summed E-state index contributed by atoms with van der Waals surface area (Å²) in [6.07, 6.45) is 0. The van der Waals surface area contributed by atoms with Crippen molar-refractivity contribution in [2.24, 2.45) is 0 Å². The second-order valence-electron chi connectivity index (χ2n) is 6.84. The zero-order chi connectivity index (χ0) is 18.3. The van der Waals surface area contributed by atoms with Gasteiger partial charge in [0.2, 0.25) is 0 Å². The van der Waals surface area contributed by atoms with Crippen molar-refractivity contribution in [3.63, 3.8) is 0 Å². The highest BCUT2D eigenvalue weighted by molar-refractivity contribution is 6.20. The van der Waals surface area contributed by atoms with Crippen molar-refractivity contribution in [2.75, 3.05) is 0 Å². The molecule has 0 heterocycles. The number of benzene rings is 3. The van der Waals surface area contributed by atoms with Gasteiger partial charge in [-0.25, -0.2) is 0 Å². The van der Waals surface area contributed by atoms with Crippen molar-refractivity contribution in [1.82, 2.24) is 0 Å². The summed E-state index contributed by atoms with van der Waals surface area (Å²) in [6.45, 7) is 4.10. The number of fused-ring (bicyclic) bond motifs is 1. The van der Waals surface area contributed by atoms with Crippen LogP contribution in [0, 0.1) is 13.8 Å². The molecule has 2 nitrogen and oxygen atoms in total. The zero-order valence-corrected chi connectivity index (χ0v) is 14.9. The Morgan fingerprint density at radius 2 is 1.46 bits per heavy atom. The summed E-state index contributed by atoms with van der Waals surface area (Å²) in [5, 5.41) is 10.9. The molecule has 1 aliphatic carbocycles. The topological polar surface area (TPSA) is 37.3 Å². The van der Waals surface area contributed by atoms with Gasteiger partial charge in [0.25, 0.3) is 0 Å². The van der Waals surface area contributed by atoms with Gasteiger partial charge in [0, 0.05) is 17.0 Å². The number of carbonyl (C=O) groups is 1. The maximum atomic E-state index is 13.2. The van der Waals surface area contributed by atoms with Gasteiger partial charge in [0.15, 0.2) is 5.78 Å². The van der Waals surface area contributed by atoms with Crippen molar-refractivity contribution in [1.29, 1.82) is 0 Å². The molecule has 0 amide bonds. The Bertz CT molecular complexity index is 1030. The van der Waals surface area contributed by atoms with E-state index in [0.717, 1.165) is 22.3 Å².